The van der Waals surface area contributed by atoms with Crippen molar-refractivity contribution in [3.05, 3.63) is 138 Å². The highest BCUT2D eigenvalue weighted by atomic mass is 35.5. The van der Waals surface area contributed by atoms with Gasteiger partial charge in [-0.2, -0.15) is 10.2 Å². The maximum Gasteiger partial charge on any atom is 0.350 e. The van der Waals surface area contributed by atoms with Gasteiger partial charge in [0.15, 0.2) is 18.9 Å². The lowest BCUT2D eigenvalue weighted by Gasteiger charge is -2.37. The third kappa shape index (κ3) is 12.0. The highest BCUT2D eigenvalue weighted by Crippen LogP contribution is 2.38. The highest BCUT2D eigenvalue weighted by Gasteiger charge is 2.46. The molecule has 17 nitrogen and oxygen atoms in total. The van der Waals surface area contributed by atoms with Gasteiger partial charge in [-0.15, -0.1) is 0 Å². The number of hydrogen-bond donors (Lipinski definition) is 0. The van der Waals surface area contributed by atoms with Gasteiger partial charge in [-0.3, -0.25) is 4.79 Å². The molecule has 67 heavy (non-hydrogen) atoms. The Morgan fingerprint density at radius 3 is 2.15 bits per heavy atom. The first-order valence-electron chi connectivity index (χ1n) is 21.7. The van der Waals surface area contributed by atoms with E-state index in [4.69, 9.17) is 18.9 Å². The summed E-state index contributed by atoms with van der Waals surface area (Å²) in [5.41, 5.74) is 3.20. The predicted molar refractivity (Wildman–Crippen MR) is 242 cm³/mol. The van der Waals surface area contributed by atoms with E-state index in [1.165, 1.54) is 45.0 Å². The number of piperazine rings is 1. The number of ether oxygens (including phenoxy) is 4. The van der Waals surface area contributed by atoms with Crippen LogP contribution in [-0.4, -0.2) is 106 Å². The largest absolute Gasteiger partial charge is 1.00 e. The van der Waals surface area contributed by atoms with E-state index in [0.29, 0.717) is 18.0 Å². The Bertz CT molecular complexity index is 2580. The summed E-state index contributed by atoms with van der Waals surface area (Å²) in [6, 6.07) is 23.0. The predicted octanol–water partition coefficient (Wildman–Crippen LogP) is 1.16. The van der Waals surface area contributed by atoms with Crippen molar-refractivity contribution in [3.63, 3.8) is 0 Å². The average Bonchev–Trinajstić information content (AvgIpc) is 4.06. The van der Waals surface area contributed by atoms with Crippen LogP contribution >= 0.6 is 0 Å². The van der Waals surface area contributed by atoms with Gasteiger partial charge in [-0.05, 0) is 60.7 Å². The number of nitrogens with zero attached hydrogens (tertiary/aromatic N) is 10. The molecule has 0 bridgehead atoms. The molecule has 3 atom stereocenters. The van der Waals surface area contributed by atoms with Crippen LogP contribution in [0.5, 0.6) is 5.75 Å². The molecule has 2 aliphatic rings. The van der Waals surface area contributed by atoms with Crippen LogP contribution in [0.3, 0.4) is 0 Å². The number of rotatable bonds is 16. The number of halogens is 3. The third-order valence-corrected chi connectivity index (χ3v) is 11.7. The maximum absolute atomic E-state index is 15.0. The lowest BCUT2D eigenvalue weighted by Crippen LogP contribution is -3.00. The first-order chi connectivity index (χ1) is 31.2. The molecule has 3 aromatic carbocycles. The second-order valence-electron chi connectivity index (χ2n) is 17.6. The normalized spacial score (nSPS) is 17.6. The fourth-order valence-corrected chi connectivity index (χ4v) is 7.89. The van der Waals surface area contributed by atoms with E-state index in [9.17, 15) is 18.4 Å². The van der Waals surface area contributed by atoms with Crippen LogP contribution < -0.4 is 42.1 Å². The molecule has 0 saturated carbocycles. The van der Waals surface area contributed by atoms with Gasteiger partial charge in [0, 0.05) is 86.5 Å². The van der Waals surface area contributed by atoms with Gasteiger partial charge >= 0.3 is 11.7 Å². The number of carbonyl (C=O) groups excluding carboxylic acids is 1. The lowest BCUT2D eigenvalue weighted by molar-refractivity contribution is -0.695. The van der Waals surface area contributed by atoms with E-state index in [1.807, 2.05) is 117 Å². The average molecular weight is 947 g/mol. The minimum Gasteiger partial charge on any atom is -1.00 e. The standard InChI is InChI=1S/C47H55F2N10O6.ClH.H2O/c1-46(2,3)43(64-44(60)18-21-54-19-16-35(17-20-54)53(4)5)27-59-45(61)58(33-52-59)38-9-7-36(8-10-38)55-22-24-56(25-23-55)37-11-13-39(14-12-37)62-28-40-29-63-47(65-40,30-57-32-50-31-51-57)41-15-6-34(48)26-42(41)49;;/h6-17,19-20,26,31-33,40,43H,18,21-25,27-30H2,1-5H3;1H;1H2/q+1;;/p-1/t40-,43?,47-;;/m1../s1. The Morgan fingerprint density at radius 2 is 1.55 bits per heavy atom. The molecule has 358 valence electrons. The van der Waals surface area contributed by atoms with Crippen molar-refractivity contribution in [2.24, 2.45) is 5.41 Å². The van der Waals surface area contributed by atoms with E-state index in [2.05, 4.69) is 25.0 Å². The maximum atomic E-state index is 15.0. The molecule has 0 spiro atoms. The monoisotopic (exact) mass is 946 g/mol. The van der Waals surface area contributed by atoms with E-state index in [0.717, 1.165) is 49.3 Å². The Hall–Kier alpha value is -6.41. The molecule has 2 saturated heterocycles. The summed E-state index contributed by atoms with van der Waals surface area (Å²) >= 11 is 0. The number of benzene rings is 3. The summed E-state index contributed by atoms with van der Waals surface area (Å²) in [6.07, 6.45) is 7.32. The van der Waals surface area contributed by atoms with Crippen LogP contribution in [0.15, 0.2) is 115 Å². The number of aryl methyl sites for hydroxylation is 1. The summed E-state index contributed by atoms with van der Waals surface area (Å²) in [7, 11) is 3.96. The van der Waals surface area contributed by atoms with E-state index in [1.54, 1.807) is 0 Å². The Morgan fingerprint density at radius 1 is 0.910 bits per heavy atom. The molecule has 6 aromatic rings. The van der Waals surface area contributed by atoms with Crippen molar-refractivity contribution in [1.82, 2.24) is 29.1 Å². The van der Waals surface area contributed by atoms with Crippen LogP contribution in [0.2, 0.25) is 0 Å². The van der Waals surface area contributed by atoms with Gasteiger partial charge in [0.1, 0.15) is 68.1 Å². The Kier molecular flexibility index (Phi) is 16.0. The fourth-order valence-electron chi connectivity index (χ4n) is 7.89. The second kappa shape index (κ2) is 21.5. The van der Waals surface area contributed by atoms with Gasteiger partial charge in [0.25, 0.3) is 0 Å². The summed E-state index contributed by atoms with van der Waals surface area (Å²) in [5.74, 6) is -2.70. The zero-order chi connectivity index (χ0) is 45.7. The quantitative estimate of drug-likeness (QED) is 0.101. The number of esters is 1. The van der Waals surface area contributed by atoms with Crippen molar-refractivity contribution in [2.45, 2.75) is 64.8 Å². The summed E-state index contributed by atoms with van der Waals surface area (Å²) < 4.78 is 59.3. The third-order valence-electron chi connectivity index (χ3n) is 11.7. The SMILES string of the molecule is CN(C)c1cc[n+](CCC(=O)OC(Cn2ncn(-c3ccc(N4CCN(c5ccc(OC[C@@H]6CO[C@@](Cn7cncn7)(c7ccc(F)cc7F)O6)cc5)CC4)cc3)c2=O)C(C)(C)C)cc1.O.[Cl-]. The van der Waals surface area contributed by atoms with Gasteiger partial charge in [0.2, 0.25) is 5.79 Å². The minimum atomic E-state index is -1.53. The van der Waals surface area contributed by atoms with Crippen LogP contribution in [0.1, 0.15) is 32.8 Å². The van der Waals surface area contributed by atoms with Crippen LogP contribution in [0.4, 0.5) is 25.8 Å². The van der Waals surface area contributed by atoms with E-state index >= 15 is 0 Å². The first-order valence-corrected chi connectivity index (χ1v) is 21.7. The zero-order valence-electron chi connectivity index (χ0n) is 38.2. The zero-order valence-corrected chi connectivity index (χ0v) is 38.9. The van der Waals surface area contributed by atoms with Crippen molar-refractivity contribution in [3.8, 4) is 11.4 Å². The number of aromatic nitrogens is 7. The molecule has 8 rings (SSSR count). The molecule has 2 aliphatic heterocycles. The molecule has 0 amide bonds. The number of pyridine rings is 1. The van der Waals surface area contributed by atoms with Gasteiger partial charge < -0.3 is 51.5 Å². The van der Waals surface area contributed by atoms with Crippen molar-refractivity contribution in [2.75, 3.05) is 68.2 Å². The highest BCUT2D eigenvalue weighted by molar-refractivity contribution is 5.69. The van der Waals surface area contributed by atoms with Gasteiger partial charge in [-0.1, -0.05) is 20.8 Å². The molecular weight excluding hydrogens is 890 g/mol. The topological polar surface area (TPSA) is 170 Å². The fraction of sp³-hybridized carbons (Fsp3) is 0.404. The molecule has 0 aliphatic carbocycles. The number of anilines is 3. The first kappa shape index (κ1) is 50.0. The van der Waals surface area contributed by atoms with Crippen LogP contribution in [0, 0.1) is 17.0 Å². The lowest BCUT2D eigenvalue weighted by atomic mass is 9.89. The molecule has 2 N–H and O–H groups in total. The van der Waals surface area contributed by atoms with E-state index < -0.39 is 35.0 Å². The molecule has 2 fully saturated rings. The van der Waals surface area contributed by atoms with E-state index in [-0.39, 0.29) is 67.8 Å². The summed E-state index contributed by atoms with van der Waals surface area (Å²) in [4.78, 5) is 37.2. The van der Waals surface area contributed by atoms with Gasteiger partial charge in [-0.25, -0.2) is 37.1 Å². The smallest absolute Gasteiger partial charge is 0.350 e. The van der Waals surface area contributed by atoms with Crippen LogP contribution in [0.25, 0.3) is 5.69 Å². The number of carbonyl (C=O) groups is 1. The Labute approximate surface area is 393 Å². The summed E-state index contributed by atoms with van der Waals surface area (Å²) in [5, 5.41) is 8.51. The molecular formula is C47H57ClF2N10O7. The molecule has 5 heterocycles. The van der Waals surface area contributed by atoms with Crippen molar-refractivity contribution >= 4 is 23.0 Å². The minimum absolute atomic E-state index is 0. The summed E-state index contributed by atoms with van der Waals surface area (Å²) in [6.45, 7) is 10.1. The Balaban J connectivity index is 0.00000370. The molecule has 0 radical (unpaired) electrons. The molecule has 20 heteroatoms. The number of hydrogen-bond acceptors (Lipinski definition) is 12. The van der Waals surface area contributed by atoms with Crippen LogP contribution in [-0.2, 0) is 44.4 Å². The van der Waals surface area contributed by atoms with Crippen molar-refractivity contribution in [1.29, 1.82) is 0 Å². The van der Waals surface area contributed by atoms with Gasteiger partial charge in [0.05, 0.1) is 18.8 Å². The molecule has 1 unspecified atom stereocenters. The van der Waals surface area contributed by atoms with Crippen molar-refractivity contribution < 1.29 is 55.0 Å². The molecule has 3 aromatic heterocycles. The second-order valence-corrected chi connectivity index (χ2v) is 17.6.